The van der Waals surface area contributed by atoms with Gasteiger partial charge in [-0.1, -0.05) is 0 Å². The molecule has 0 atom stereocenters. The summed E-state index contributed by atoms with van der Waals surface area (Å²) in [5.74, 6) is 0. The Hall–Kier alpha value is -2.59. The Labute approximate surface area is 109 Å². The summed E-state index contributed by atoms with van der Waals surface area (Å²) < 4.78 is 26.2. The first kappa shape index (κ1) is 12.9. The van der Waals surface area contributed by atoms with Crippen LogP contribution in [0.25, 0.3) is 0 Å². The highest BCUT2D eigenvalue weighted by Gasteiger charge is 2.17. The lowest BCUT2D eigenvalue weighted by Crippen LogP contribution is -2.20. The van der Waals surface area contributed by atoms with Gasteiger partial charge in [0.15, 0.2) is 4.90 Å². The Balaban J connectivity index is 2.34. The van der Waals surface area contributed by atoms with Gasteiger partial charge in [0.1, 0.15) is 0 Å². The molecule has 19 heavy (non-hydrogen) atoms. The number of hydrogen-bond acceptors (Lipinski definition) is 4. The molecule has 2 aromatic rings. The Morgan fingerprint density at radius 3 is 2.42 bits per heavy atom. The van der Waals surface area contributed by atoms with Gasteiger partial charge < -0.3 is 4.98 Å². The van der Waals surface area contributed by atoms with E-state index in [1.54, 1.807) is 0 Å². The molecule has 0 radical (unpaired) electrons. The number of aromatic nitrogens is 1. The number of anilines is 1. The third-order valence-corrected chi connectivity index (χ3v) is 3.75. The predicted octanol–water partition coefficient (Wildman–Crippen LogP) is 1.05. The van der Waals surface area contributed by atoms with Crippen molar-refractivity contribution in [1.82, 2.24) is 4.98 Å². The molecule has 1 aromatic heterocycles. The predicted molar refractivity (Wildman–Crippen MR) is 69.0 cm³/mol. The zero-order valence-electron chi connectivity index (χ0n) is 9.62. The lowest BCUT2D eigenvalue weighted by molar-refractivity contribution is 0.600. The van der Waals surface area contributed by atoms with Gasteiger partial charge >= 0.3 is 0 Å². The van der Waals surface area contributed by atoms with Crippen LogP contribution in [0.5, 0.6) is 0 Å². The van der Waals surface area contributed by atoms with Gasteiger partial charge in [0.2, 0.25) is 5.43 Å². The van der Waals surface area contributed by atoms with Crippen molar-refractivity contribution in [2.24, 2.45) is 0 Å². The van der Waals surface area contributed by atoms with Gasteiger partial charge in [-0.25, -0.2) is 8.42 Å². The third-order valence-electron chi connectivity index (χ3n) is 2.34. The third kappa shape index (κ3) is 2.81. The van der Waals surface area contributed by atoms with Crippen LogP contribution in [0.3, 0.4) is 0 Å². The summed E-state index contributed by atoms with van der Waals surface area (Å²) >= 11 is 0. The van der Waals surface area contributed by atoms with Crippen molar-refractivity contribution in [2.45, 2.75) is 4.90 Å². The standard InChI is InChI=1S/C12H9N3O3S/c13-7-9-1-3-10(4-2-9)15-19(17,18)12-8-14-6-5-11(12)16/h1-6,8,15H,(H,14,16). The summed E-state index contributed by atoms with van der Waals surface area (Å²) in [6.07, 6.45) is 2.47. The van der Waals surface area contributed by atoms with Crippen LogP contribution in [0.2, 0.25) is 0 Å². The summed E-state index contributed by atoms with van der Waals surface area (Å²) in [6.45, 7) is 0. The molecular formula is C12H9N3O3S. The monoisotopic (exact) mass is 275 g/mol. The maximum Gasteiger partial charge on any atom is 0.267 e. The minimum absolute atomic E-state index is 0.280. The topological polar surface area (TPSA) is 103 Å². The van der Waals surface area contributed by atoms with E-state index >= 15 is 0 Å². The normalized spacial score (nSPS) is 10.7. The Kier molecular flexibility index (Phi) is 3.35. The van der Waals surface area contributed by atoms with Crippen LogP contribution >= 0.6 is 0 Å². The van der Waals surface area contributed by atoms with Gasteiger partial charge in [-0.3, -0.25) is 9.52 Å². The van der Waals surface area contributed by atoms with Gasteiger partial charge in [0.05, 0.1) is 11.6 Å². The molecule has 0 amide bonds. The SMILES string of the molecule is N#Cc1ccc(NS(=O)(=O)c2c[nH]ccc2=O)cc1. The van der Waals surface area contributed by atoms with Crippen LogP contribution in [-0.4, -0.2) is 13.4 Å². The van der Waals surface area contributed by atoms with Gasteiger partial charge in [0, 0.05) is 24.1 Å². The van der Waals surface area contributed by atoms with Crippen LogP contribution in [-0.2, 0) is 10.0 Å². The highest BCUT2D eigenvalue weighted by atomic mass is 32.2. The highest BCUT2D eigenvalue weighted by Crippen LogP contribution is 2.13. The minimum Gasteiger partial charge on any atom is -0.366 e. The fraction of sp³-hybridized carbons (Fsp3) is 0. The molecule has 6 nitrogen and oxygen atoms in total. The number of nitrogens with one attached hydrogen (secondary N) is 2. The van der Waals surface area contributed by atoms with E-state index in [4.69, 9.17) is 5.26 Å². The molecule has 1 heterocycles. The van der Waals surface area contributed by atoms with Crippen LogP contribution in [0.1, 0.15) is 5.56 Å². The molecule has 0 aliphatic carbocycles. The second-order valence-electron chi connectivity index (χ2n) is 3.67. The molecule has 96 valence electrons. The van der Waals surface area contributed by atoms with Crippen molar-refractivity contribution in [1.29, 1.82) is 5.26 Å². The number of H-pyrrole nitrogens is 1. The van der Waals surface area contributed by atoms with Crippen LogP contribution in [0.15, 0.2) is 52.4 Å². The van der Waals surface area contributed by atoms with Crippen molar-refractivity contribution in [3.05, 3.63) is 58.5 Å². The van der Waals surface area contributed by atoms with E-state index in [0.29, 0.717) is 5.56 Å². The second-order valence-corrected chi connectivity index (χ2v) is 5.32. The molecule has 0 unspecified atom stereocenters. The lowest BCUT2D eigenvalue weighted by atomic mass is 10.2. The van der Waals surface area contributed by atoms with Gasteiger partial charge in [-0.05, 0) is 24.3 Å². The van der Waals surface area contributed by atoms with E-state index in [1.165, 1.54) is 30.5 Å². The van der Waals surface area contributed by atoms with Crippen molar-refractivity contribution in [3.63, 3.8) is 0 Å². The lowest BCUT2D eigenvalue weighted by Gasteiger charge is -2.06. The van der Waals surface area contributed by atoms with Crippen molar-refractivity contribution in [2.75, 3.05) is 4.72 Å². The number of rotatable bonds is 3. The fourth-order valence-electron chi connectivity index (χ4n) is 1.43. The Morgan fingerprint density at radius 1 is 1.16 bits per heavy atom. The maximum absolute atomic E-state index is 12.0. The first-order valence-corrected chi connectivity index (χ1v) is 6.71. The van der Waals surface area contributed by atoms with E-state index in [0.717, 1.165) is 12.3 Å². The molecule has 0 aliphatic heterocycles. The van der Waals surface area contributed by atoms with E-state index in [1.807, 2.05) is 6.07 Å². The van der Waals surface area contributed by atoms with Crippen molar-refractivity contribution >= 4 is 15.7 Å². The van der Waals surface area contributed by atoms with Gasteiger partial charge in [0.25, 0.3) is 10.0 Å². The van der Waals surface area contributed by atoms with Crippen LogP contribution in [0.4, 0.5) is 5.69 Å². The largest absolute Gasteiger partial charge is 0.366 e. The smallest absolute Gasteiger partial charge is 0.267 e. The zero-order valence-corrected chi connectivity index (χ0v) is 10.4. The van der Waals surface area contributed by atoms with E-state index in [9.17, 15) is 13.2 Å². The summed E-state index contributed by atoms with van der Waals surface area (Å²) in [5, 5.41) is 8.64. The number of pyridine rings is 1. The summed E-state index contributed by atoms with van der Waals surface area (Å²) in [6, 6.07) is 8.92. The molecule has 2 rings (SSSR count). The van der Waals surface area contributed by atoms with E-state index in [2.05, 4.69) is 9.71 Å². The van der Waals surface area contributed by atoms with E-state index < -0.39 is 15.5 Å². The van der Waals surface area contributed by atoms with Crippen molar-refractivity contribution < 1.29 is 8.42 Å². The highest BCUT2D eigenvalue weighted by molar-refractivity contribution is 7.92. The molecule has 0 fully saturated rings. The number of hydrogen-bond donors (Lipinski definition) is 2. The number of nitrogens with zero attached hydrogens (tertiary/aromatic N) is 1. The van der Waals surface area contributed by atoms with Crippen molar-refractivity contribution in [3.8, 4) is 6.07 Å². The minimum atomic E-state index is -3.94. The van der Waals surface area contributed by atoms with Crippen LogP contribution in [0, 0.1) is 11.3 Å². The summed E-state index contributed by atoms with van der Waals surface area (Å²) in [4.78, 5) is 13.7. The molecule has 0 bridgehead atoms. The van der Waals surface area contributed by atoms with Gasteiger partial charge in [-0.2, -0.15) is 5.26 Å². The number of benzene rings is 1. The first-order chi connectivity index (χ1) is 9.03. The number of nitriles is 1. The number of aromatic amines is 1. The summed E-state index contributed by atoms with van der Waals surface area (Å²) in [5.41, 5.74) is 0.0997. The average Bonchev–Trinajstić information content (AvgIpc) is 2.39. The molecule has 0 aliphatic rings. The molecule has 2 N–H and O–H groups in total. The first-order valence-electron chi connectivity index (χ1n) is 5.23. The number of sulfonamides is 1. The van der Waals surface area contributed by atoms with Gasteiger partial charge in [-0.15, -0.1) is 0 Å². The molecule has 0 spiro atoms. The summed E-state index contributed by atoms with van der Waals surface area (Å²) in [7, 11) is -3.94. The van der Waals surface area contributed by atoms with Crippen LogP contribution < -0.4 is 10.2 Å². The molecule has 0 saturated carbocycles. The molecule has 7 heteroatoms. The maximum atomic E-state index is 12.0. The average molecular weight is 275 g/mol. The fourth-order valence-corrected chi connectivity index (χ4v) is 2.55. The Bertz CT molecular complexity index is 786. The zero-order chi connectivity index (χ0) is 13.9. The molecule has 1 aromatic carbocycles. The van der Waals surface area contributed by atoms with E-state index in [-0.39, 0.29) is 10.6 Å². The molecular weight excluding hydrogens is 266 g/mol. The Morgan fingerprint density at radius 2 is 1.84 bits per heavy atom. The quantitative estimate of drug-likeness (QED) is 0.873. The second kappa shape index (κ2) is 4.96. The molecule has 0 saturated heterocycles.